The van der Waals surface area contributed by atoms with E-state index in [9.17, 15) is 0 Å². The fourth-order valence-corrected chi connectivity index (χ4v) is 1.81. The van der Waals surface area contributed by atoms with E-state index in [1.54, 1.807) is 12.3 Å². The number of hydrogen-bond acceptors (Lipinski definition) is 3. The van der Waals surface area contributed by atoms with Gasteiger partial charge in [-0.05, 0) is 25.5 Å². The predicted octanol–water partition coefficient (Wildman–Crippen LogP) is 3.33. The Hall–Kier alpha value is -2.34. The Morgan fingerprint density at radius 3 is 2.78 bits per heavy atom. The second-order valence-corrected chi connectivity index (χ2v) is 3.93. The van der Waals surface area contributed by atoms with Gasteiger partial charge in [-0.15, -0.1) is 0 Å². The minimum absolute atomic E-state index is 0.519. The predicted molar refractivity (Wildman–Crippen MR) is 70.3 cm³/mol. The Balaban J connectivity index is 2.49. The molecule has 18 heavy (non-hydrogen) atoms. The summed E-state index contributed by atoms with van der Waals surface area (Å²) in [6.45, 7) is 4.44. The molecule has 0 atom stereocenters. The van der Waals surface area contributed by atoms with E-state index in [0.717, 1.165) is 16.8 Å². The van der Waals surface area contributed by atoms with Crippen molar-refractivity contribution in [2.24, 2.45) is 0 Å². The van der Waals surface area contributed by atoms with Crippen LogP contribution < -0.4 is 4.74 Å². The highest BCUT2D eigenvalue weighted by Crippen LogP contribution is 2.25. The average Bonchev–Trinajstić information content (AvgIpc) is 2.40. The summed E-state index contributed by atoms with van der Waals surface area (Å²) in [4.78, 5) is 4.36. The Bertz CT molecular complexity index is 600. The Morgan fingerprint density at radius 2 is 2.11 bits per heavy atom. The molecule has 0 saturated carbocycles. The molecule has 0 amide bonds. The lowest BCUT2D eigenvalue weighted by atomic mass is 10.0. The van der Waals surface area contributed by atoms with Crippen LogP contribution in [0.5, 0.6) is 5.75 Å². The van der Waals surface area contributed by atoms with Gasteiger partial charge < -0.3 is 4.74 Å². The maximum absolute atomic E-state index is 9.13. The number of nitriles is 1. The van der Waals surface area contributed by atoms with E-state index >= 15 is 0 Å². The molecule has 90 valence electrons. The Labute approximate surface area is 107 Å². The van der Waals surface area contributed by atoms with Crippen molar-refractivity contribution < 1.29 is 4.74 Å². The zero-order valence-corrected chi connectivity index (χ0v) is 10.5. The van der Waals surface area contributed by atoms with Gasteiger partial charge in [0.2, 0.25) is 0 Å². The highest BCUT2D eigenvalue weighted by Gasteiger charge is 2.08. The molecule has 3 nitrogen and oxygen atoms in total. The molecule has 0 aliphatic rings. The fraction of sp³-hybridized carbons (Fsp3) is 0.200. The number of aromatic nitrogens is 1. The van der Waals surface area contributed by atoms with Crippen LogP contribution in [0.25, 0.3) is 11.3 Å². The molecule has 0 fully saturated rings. The molecule has 1 aromatic heterocycles. The quantitative estimate of drug-likeness (QED) is 0.824. The molecule has 1 heterocycles. The lowest BCUT2D eigenvalue weighted by Gasteiger charge is -2.08. The van der Waals surface area contributed by atoms with E-state index in [1.807, 2.05) is 38.1 Å². The van der Waals surface area contributed by atoms with Crippen LogP contribution in [0.4, 0.5) is 0 Å². The van der Waals surface area contributed by atoms with Gasteiger partial charge in [-0.2, -0.15) is 5.26 Å². The van der Waals surface area contributed by atoms with E-state index in [0.29, 0.717) is 17.9 Å². The van der Waals surface area contributed by atoms with E-state index in [1.165, 1.54) is 0 Å². The van der Waals surface area contributed by atoms with Crippen LogP contribution in [0.15, 0.2) is 36.5 Å². The van der Waals surface area contributed by atoms with Gasteiger partial charge in [-0.3, -0.25) is 4.98 Å². The van der Waals surface area contributed by atoms with Crippen molar-refractivity contribution in [1.82, 2.24) is 4.98 Å². The molecule has 0 aliphatic carbocycles. The first-order chi connectivity index (χ1) is 8.76. The average molecular weight is 238 g/mol. The lowest BCUT2D eigenvalue weighted by molar-refractivity contribution is 0.338. The van der Waals surface area contributed by atoms with Crippen LogP contribution in [0.2, 0.25) is 0 Å². The van der Waals surface area contributed by atoms with Gasteiger partial charge in [0.15, 0.2) is 5.75 Å². The number of pyridine rings is 1. The fourth-order valence-electron chi connectivity index (χ4n) is 1.81. The number of nitrogens with zero attached hydrogens (tertiary/aromatic N) is 2. The van der Waals surface area contributed by atoms with E-state index < -0.39 is 0 Å². The molecule has 0 spiro atoms. The summed E-state index contributed by atoms with van der Waals surface area (Å²) < 4.78 is 5.36. The summed E-state index contributed by atoms with van der Waals surface area (Å²) in [6, 6.07) is 11.9. The number of hydrogen-bond donors (Lipinski definition) is 0. The Morgan fingerprint density at radius 1 is 1.33 bits per heavy atom. The SMILES string of the molecule is CCOc1cnc(-c2ccccc2C)cc1C#N. The summed E-state index contributed by atoms with van der Waals surface area (Å²) in [7, 11) is 0. The van der Waals surface area contributed by atoms with E-state index in [-0.39, 0.29) is 0 Å². The zero-order valence-electron chi connectivity index (χ0n) is 10.5. The summed E-state index contributed by atoms with van der Waals surface area (Å²) in [6.07, 6.45) is 1.61. The van der Waals surface area contributed by atoms with E-state index in [2.05, 4.69) is 11.1 Å². The van der Waals surface area contributed by atoms with Crippen LogP contribution in [0.3, 0.4) is 0 Å². The molecule has 1 aromatic carbocycles. The molecular formula is C15H14N2O. The topological polar surface area (TPSA) is 45.9 Å². The van der Waals surface area contributed by atoms with Gasteiger partial charge in [0.05, 0.1) is 24.1 Å². The van der Waals surface area contributed by atoms with Crippen LogP contribution in [0, 0.1) is 18.3 Å². The highest BCUT2D eigenvalue weighted by molar-refractivity contribution is 5.65. The first kappa shape index (κ1) is 12.1. The summed E-state index contributed by atoms with van der Waals surface area (Å²) in [5, 5.41) is 9.13. The molecule has 0 N–H and O–H groups in total. The van der Waals surface area contributed by atoms with Crippen molar-refractivity contribution in [1.29, 1.82) is 5.26 Å². The van der Waals surface area contributed by atoms with Crippen LogP contribution in [-0.4, -0.2) is 11.6 Å². The number of aryl methyl sites for hydroxylation is 1. The van der Waals surface area contributed by atoms with Gasteiger partial charge in [0.25, 0.3) is 0 Å². The molecule has 2 aromatic rings. The summed E-state index contributed by atoms with van der Waals surface area (Å²) >= 11 is 0. The van der Waals surface area contributed by atoms with Crippen LogP contribution in [-0.2, 0) is 0 Å². The smallest absolute Gasteiger partial charge is 0.155 e. The van der Waals surface area contributed by atoms with Crippen molar-refractivity contribution in [3.05, 3.63) is 47.7 Å². The maximum atomic E-state index is 9.13. The van der Waals surface area contributed by atoms with Crippen LogP contribution in [0.1, 0.15) is 18.1 Å². The highest BCUT2D eigenvalue weighted by atomic mass is 16.5. The van der Waals surface area contributed by atoms with E-state index in [4.69, 9.17) is 10.00 Å². The third-order valence-corrected chi connectivity index (χ3v) is 2.71. The first-order valence-electron chi connectivity index (χ1n) is 5.85. The summed E-state index contributed by atoms with van der Waals surface area (Å²) in [5.41, 5.74) is 3.49. The van der Waals surface area contributed by atoms with Gasteiger partial charge in [-0.1, -0.05) is 24.3 Å². The van der Waals surface area contributed by atoms with Crippen molar-refractivity contribution in [2.45, 2.75) is 13.8 Å². The maximum Gasteiger partial charge on any atom is 0.155 e. The minimum Gasteiger partial charge on any atom is -0.491 e. The number of ether oxygens (including phenoxy) is 1. The van der Waals surface area contributed by atoms with Crippen molar-refractivity contribution in [2.75, 3.05) is 6.61 Å². The molecule has 0 radical (unpaired) electrons. The largest absolute Gasteiger partial charge is 0.491 e. The third-order valence-electron chi connectivity index (χ3n) is 2.71. The van der Waals surface area contributed by atoms with Crippen molar-refractivity contribution in [3.8, 4) is 23.1 Å². The second kappa shape index (κ2) is 5.33. The molecule has 0 bridgehead atoms. The second-order valence-electron chi connectivity index (χ2n) is 3.93. The Kier molecular flexibility index (Phi) is 3.59. The molecular weight excluding hydrogens is 224 g/mol. The molecule has 2 rings (SSSR count). The van der Waals surface area contributed by atoms with Crippen molar-refractivity contribution in [3.63, 3.8) is 0 Å². The zero-order chi connectivity index (χ0) is 13.0. The third kappa shape index (κ3) is 2.33. The monoisotopic (exact) mass is 238 g/mol. The van der Waals surface area contributed by atoms with Gasteiger partial charge >= 0.3 is 0 Å². The number of rotatable bonds is 3. The summed E-state index contributed by atoms with van der Waals surface area (Å²) in [5.74, 6) is 0.539. The van der Waals surface area contributed by atoms with Gasteiger partial charge in [0.1, 0.15) is 6.07 Å². The first-order valence-corrected chi connectivity index (χ1v) is 5.85. The van der Waals surface area contributed by atoms with Crippen molar-refractivity contribution >= 4 is 0 Å². The molecule has 0 unspecified atom stereocenters. The molecule has 0 aliphatic heterocycles. The normalized spacial score (nSPS) is 9.83. The van der Waals surface area contributed by atoms with Crippen LogP contribution >= 0.6 is 0 Å². The standard InChI is InChI=1S/C15H14N2O/c1-3-18-15-10-17-14(8-12(15)9-16)13-7-5-4-6-11(13)2/h4-8,10H,3H2,1-2H3. The molecule has 0 saturated heterocycles. The number of benzene rings is 1. The van der Waals surface area contributed by atoms with Gasteiger partial charge in [-0.25, -0.2) is 0 Å². The lowest BCUT2D eigenvalue weighted by Crippen LogP contribution is -1.97. The molecule has 3 heteroatoms. The minimum atomic E-state index is 0.519. The van der Waals surface area contributed by atoms with Gasteiger partial charge in [0, 0.05) is 5.56 Å².